The number of benzene rings is 1. The largest absolute Gasteiger partial charge is 0.469 e. The molecule has 0 aliphatic rings. The summed E-state index contributed by atoms with van der Waals surface area (Å²) in [6.45, 7) is 11.9. The third kappa shape index (κ3) is 8.89. The molecule has 1 aromatic carbocycles. The van der Waals surface area contributed by atoms with E-state index >= 15 is 0 Å². The van der Waals surface area contributed by atoms with Gasteiger partial charge in [0.25, 0.3) is 0 Å². The molecule has 3 N–H and O–H groups in total. The first-order valence-electron chi connectivity index (χ1n) is 8.58. The number of methoxy groups -OCH3 is 1. The van der Waals surface area contributed by atoms with E-state index in [2.05, 4.69) is 13.5 Å². The highest BCUT2D eigenvalue weighted by Gasteiger charge is 2.23. The van der Waals surface area contributed by atoms with Crippen LogP contribution in [0.25, 0.3) is 0 Å². The van der Waals surface area contributed by atoms with E-state index in [1.54, 1.807) is 6.07 Å². The van der Waals surface area contributed by atoms with Gasteiger partial charge in [-0.2, -0.15) is 0 Å². The van der Waals surface area contributed by atoms with E-state index in [9.17, 15) is 4.79 Å². The molecule has 1 aromatic rings. The molecule has 0 aliphatic heterocycles. The van der Waals surface area contributed by atoms with Crippen LogP contribution < -0.4 is 5.73 Å². The molecule has 0 heterocycles. The third-order valence-electron chi connectivity index (χ3n) is 3.86. The van der Waals surface area contributed by atoms with Gasteiger partial charge in [0.15, 0.2) is 0 Å². The van der Waals surface area contributed by atoms with Gasteiger partial charge in [-0.1, -0.05) is 63.3 Å². The molecule has 0 aromatic heterocycles. The zero-order valence-corrected chi connectivity index (χ0v) is 16.1. The van der Waals surface area contributed by atoms with Crippen LogP contribution in [0.3, 0.4) is 0 Å². The first-order valence-corrected chi connectivity index (χ1v) is 8.58. The predicted molar refractivity (Wildman–Crippen MR) is 106 cm³/mol. The number of nitrogens with two attached hydrogens (primary N) is 1. The topological polar surface area (TPSA) is 76.2 Å². The first-order chi connectivity index (χ1) is 11.8. The summed E-state index contributed by atoms with van der Waals surface area (Å²) >= 11 is 0. The molecule has 0 amide bonds. The lowest BCUT2D eigenvalue weighted by Gasteiger charge is -2.18. The average molecular weight is 344 g/mol. The smallest absolute Gasteiger partial charge is 0.309 e. The fraction of sp³-hybridized carbons (Fsp3) is 0.429. The van der Waals surface area contributed by atoms with Crippen molar-refractivity contribution in [3.63, 3.8) is 0 Å². The molecule has 0 fully saturated rings. The Bertz CT molecular complexity index is 604. The van der Waals surface area contributed by atoms with Gasteiger partial charge in [0.05, 0.1) is 13.0 Å². The lowest BCUT2D eigenvalue weighted by molar-refractivity contribution is -0.146. The third-order valence-corrected chi connectivity index (χ3v) is 3.86. The van der Waals surface area contributed by atoms with Crippen LogP contribution in [0.5, 0.6) is 0 Å². The molecule has 0 saturated carbocycles. The molecule has 1 atom stereocenters. The van der Waals surface area contributed by atoms with Crippen molar-refractivity contribution >= 4 is 11.8 Å². The van der Waals surface area contributed by atoms with Gasteiger partial charge in [-0.05, 0) is 37.3 Å². The summed E-state index contributed by atoms with van der Waals surface area (Å²) in [7, 11) is 1.41. The fourth-order valence-corrected chi connectivity index (χ4v) is 2.22. The van der Waals surface area contributed by atoms with Crippen LogP contribution in [0.1, 0.15) is 45.2 Å². The monoisotopic (exact) mass is 344 g/mol. The minimum atomic E-state index is -0.196. The number of rotatable bonds is 7. The van der Waals surface area contributed by atoms with E-state index in [1.807, 2.05) is 51.1 Å². The van der Waals surface area contributed by atoms with Gasteiger partial charge in [0.1, 0.15) is 5.84 Å². The summed E-state index contributed by atoms with van der Waals surface area (Å²) in [5.41, 5.74) is 8.32. The zero-order chi connectivity index (χ0) is 19.4. The molecule has 1 rings (SSSR count). The standard InChI is InChI=1S/C14H20N2O2.C7H12/c1-9(2)12(14(17)18-3)8-10-5-4-6-11(7-10)13(15)16;1-4-6-7(3)5-2/h4-7,9,12H,8H2,1-3H3,(H3,15,16);4,6H,3,5H2,1-2H3/b;6-4-/t12-;/m1./s1. The number of esters is 1. The van der Waals surface area contributed by atoms with Crippen LogP contribution in [0.2, 0.25) is 0 Å². The Balaban J connectivity index is 0.000000697. The fourth-order valence-electron chi connectivity index (χ4n) is 2.22. The quantitative estimate of drug-likeness (QED) is 0.331. The summed E-state index contributed by atoms with van der Waals surface area (Å²) in [5, 5.41) is 7.41. The van der Waals surface area contributed by atoms with E-state index in [1.165, 1.54) is 12.7 Å². The molecule has 0 saturated heterocycles. The molecule has 0 spiro atoms. The Hall–Kier alpha value is -2.36. The molecular formula is C21H32N2O2. The SMILES string of the molecule is C=C(/C=C\C)CC.COC(=O)[C@H](Cc1cccc(C(=N)N)c1)C(C)C. The Morgan fingerprint density at radius 2 is 2.04 bits per heavy atom. The maximum Gasteiger partial charge on any atom is 0.309 e. The normalized spacial score (nSPS) is 11.6. The minimum absolute atomic E-state index is 0.0380. The molecule has 0 radical (unpaired) electrons. The van der Waals surface area contributed by atoms with Crippen LogP contribution in [-0.2, 0) is 16.0 Å². The van der Waals surface area contributed by atoms with Crippen LogP contribution in [0.15, 0.2) is 48.6 Å². The molecule has 4 nitrogen and oxygen atoms in total. The zero-order valence-electron chi connectivity index (χ0n) is 16.1. The lowest BCUT2D eigenvalue weighted by Crippen LogP contribution is -2.24. The number of nitrogens with one attached hydrogen (secondary N) is 1. The molecular weight excluding hydrogens is 312 g/mol. The number of nitrogen functional groups attached to an aromatic ring is 1. The van der Waals surface area contributed by atoms with E-state index in [-0.39, 0.29) is 23.6 Å². The van der Waals surface area contributed by atoms with Crippen LogP contribution in [0, 0.1) is 17.2 Å². The van der Waals surface area contributed by atoms with E-state index in [0.29, 0.717) is 12.0 Å². The number of ether oxygens (including phenoxy) is 1. The summed E-state index contributed by atoms with van der Waals surface area (Å²) in [5.74, 6) is -0.120. The van der Waals surface area contributed by atoms with Crippen molar-refractivity contribution < 1.29 is 9.53 Å². The molecule has 0 unspecified atom stereocenters. The van der Waals surface area contributed by atoms with Crippen molar-refractivity contribution in [2.24, 2.45) is 17.6 Å². The second-order valence-electron chi connectivity index (χ2n) is 6.20. The number of carbonyl (C=O) groups is 1. The maximum atomic E-state index is 11.7. The van der Waals surface area contributed by atoms with Gasteiger partial charge in [-0.15, -0.1) is 0 Å². The minimum Gasteiger partial charge on any atom is -0.469 e. The van der Waals surface area contributed by atoms with Crippen molar-refractivity contribution in [2.45, 2.75) is 40.5 Å². The maximum absolute atomic E-state index is 11.7. The molecule has 0 bridgehead atoms. The van der Waals surface area contributed by atoms with E-state index < -0.39 is 0 Å². The van der Waals surface area contributed by atoms with Crippen LogP contribution >= 0.6 is 0 Å². The van der Waals surface area contributed by atoms with Crippen LogP contribution in [-0.4, -0.2) is 18.9 Å². The second kappa shape index (κ2) is 12.1. The van der Waals surface area contributed by atoms with E-state index in [0.717, 1.165) is 12.0 Å². The van der Waals surface area contributed by atoms with Gasteiger partial charge in [-0.3, -0.25) is 10.2 Å². The van der Waals surface area contributed by atoms with Crippen molar-refractivity contribution in [3.05, 3.63) is 59.7 Å². The first kappa shape index (κ1) is 22.6. The highest BCUT2D eigenvalue weighted by molar-refractivity contribution is 5.95. The molecule has 25 heavy (non-hydrogen) atoms. The summed E-state index contributed by atoms with van der Waals surface area (Å²) < 4.78 is 4.82. The Morgan fingerprint density at radius 1 is 1.40 bits per heavy atom. The van der Waals surface area contributed by atoms with Crippen molar-refractivity contribution in [1.82, 2.24) is 0 Å². The number of hydrogen-bond donors (Lipinski definition) is 2. The summed E-state index contributed by atoms with van der Waals surface area (Å²) in [6, 6.07) is 7.42. The summed E-state index contributed by atoms with van der Waals surface area (Å²) in [6.07, 6.45) is 5.70. The van der Waals surface area contributed by atoms with Gasteiger partial charge >= 0.3 is 5.97 Å². The van der Waals surface area contributed by atoms with E-state index in [4.69, 9.17) is 15.9 Å². The van der Waals surface area contributed by atoms with Gasteiger partial charge < -0.3 is 10.5 Å². The average Bonchev–Trinajstić information content (AvgIpc) is 2.59. The number of allylic oxidation sites excluding steroid dienone is 3. The summed E-state index contributed by atoms with van der Waals surface area (Å²) in [4.78, 5) is 11.7. The van der Waals surface area contributed by atoms with Crippen molar-refractivity contribution in [1.29, 1.82) is 5.41 Å². The number of hydrogen-bond acceptors (Lipinski definition) is 3. The van der Waals surface area contributed by atoms with Crippen LogP contribution in [0.4, 0.5) is 0 Å². The Labute approximate surface area is 152 Å². The van der Waals surface area contributed by atoms with Gasteiger partial charge in [0, 0.05) is 5.56 Å². The Kier molecular flexibility index (Phi) is 10.9. The van der Waals surface area contributed by atoms with Gasteiger partial charge in [0.2, 0.25) is 0 Å². The predicted octanol–water partition coefficient (Wildman–Crippen LogP) is 4.49. The molecule has 4 heteroatoms. The molecule has 0 aliphatic carbocycles. The second-order valence-corrected chi connectivity index (χ2v) is 6.20. The number of amidine groups is 1. The van der Waals surface area contributed by atoms with Crippen molar-refractivity contribution in [2.75, 3.05) is 7.11 Å². The van der Waals surface area contributed by atoms with Crippen molar-refractivity contribution in [3.8, 4) is 0 Å². The Morgan fingerprint density at radius 3 is 2.44 bits per heavy atom. The number of carbonyl (C=O) groups excluding carboxylic acids is 1. The molecule has 138 valence electrons. The highest BCUT2D eigenvalue weighted by Crippen LogP contribution is 2.19. The highest BCUT2D eigenvalue weighted by atomic mass is 16.5. The van der Waals surface area contributed by atoms with Gasteiger partial charge in [-0.25, -0.2) is 0 Å². The lowest BCUT2D eigenvalue weighted by atomic mass is 9.89.